The molecular weight excluding hydrogens is 384 g/mol. The van der Waals surface area contributed by atoms with Crippen LogP contribution in [0.15, 0.2) is 36.1 Å². The lowest BCUT2D eigenvalue weighted by atomic mass is 10.1. The Labute approximate surface area is 179 Å². The van der Waals surface area contributed by atoms with Crippen molar-refractivity contribution in [2.75, 3.05) is 33.2 Å². The third-order valence-corrected chi connectivity index (χ3v) is 4.74. The van der Waals surface area contributed by atoms with Crippen LogP contribution in [0.3, 0.4) is 0 Å². The largest absolute Gasteiger partial charge is 0.494 e. The van der Waals surface area contributed by atoms with Gasteiger partial charge in [-0.2, -0.15) is 0 Å². The van der Waals surface area contributed by atoms with Gasteiger partial charge in [-0.1, -0.05) is 24.8 Å². The number of nitrogens with zero attached hydrogens (tertiary/aromatic N) is 1. The lowest BCUT2D eigenvalue weighted by Crippen LogP contribution is -2.48. The van der Waals surface area contributed by atoms with Gasteiger partial charge in [0, 0.05) is 20.1 Å². The molecule has 0 spiro atoms. The summed E-state index contributed by atoms with van der Waals surface area (Å²) in [5, 5.41) is 8.50. The van der Waals surface area contributed by atoms with E-state index in [1.165, 1.54) is 4.90 Å². The highest BCUT2D eigenvalue weighted by Gasteiger charge is 2.20. The molecule has 1 aliphatic heterocycles. The predicted molar refractivity (Wildman–Crippen MR) is 118 cm³/mol. The van der Waals surface area contributed by atoms with Gasteiger partial charge < -0.3 is 25.6 Å². The van der Waals surface area contributed by atoms with Gasteiger partial charge >= 0.3 is 0 Å². The average molecular weight is 421 g/mol. The first-order valence-electron chi connectivity index (χ1n) is 10.4. The predicted octanol–water partition coefficient (Wildman–Crippen LogP) is 1.26. The van der Waals surface area contributed by atoms with E-state index in [0.29, 0.717) is 13.1 Å². The smallest absolute Gasteiger partial charge is 0.240 e. The number of nitrogens with one attached hydrogen (secondary N) is 3. The van der Waals surface area contributed by atoms with Gasteiger partial charge in [-0.3, -0.25) is 14.4 Å². The number of allylic oxidation sites excluding steroid dienone is 5. The van der Waals surface area contributed by atoms with Crippen molar-refractivity contribution in [3.8, 4) is 0 Å². The third-order valence-electron chi connectivity index (χ3n) is 4.74. The van der Waals surface area contributed by atoms with Crippen LogP contribution in [-0.4, -0.2) is 68.0 Å². The maximum Gasteiger partial charge on any atom is 0.240 e. The molecular formula is C22H36N4O4. The highest BCUT2D eigenvalue weighted by Crippen LogP contribution is 2.17. The van der Waals surface area contributed by atoms with E-state index in [1.807, 2.05) is 26.0 Å². The molecule has 0 saturated carbocycles. The zero-order valence-corrected chi connectivity index (χ0v) is 18.6. The van der Waals surface area contributed by atoms with Crippen molar-refractivity contribution in [1.82, 2.24) is 20.9 Å². The van der Waals surface area contributed by atoms with Crippen LogP contribution < -0.4 is 16.0 Å². The maximum atomic E-state index is 12.5. The van der Waals surface area contributed by atoms with Crippen molar-refractivity contribution in [2.45, 2.75) is 52.2 Å². The lowest BCUT2D eigenvalue weighted by Gasteiger charge is -2.24. The average Bonchev–Trinajstić information content (AvgIpc) is 2.70. The van der Waals surface area contributed by atoms with Gasteiger partial charge in [0.25, 0.3) is 0 Å². The molecule has 2 atom stereocenters. The summed E-state index contributed by atoms with van der Waals surface area (Å²) in [7, 11) is 1.56. The fourth-order valence-corrected chi connectivity index (χ4v) is 3.00. The van der Waals surface area contributed by atoms with E-state index in [-0.39, 0.29) is 36.9 Å². The van der Waals surface area contributed by atoms with Gasteiger partial charge in [0.1, 0.15) is 6.10 Å². The summed E-state index contributed by atoms with van der Waals surface area (Å²) in [5.74, 6) is -0.000869. The van der Waals surface area contributed by atoms with Gasteiger partial charge in [-0.15, -0.1) is 0 Å². The van der Waals surface area contributed by atoms with Crippen LogP contribution in [0.25, 0.3) is 0 Å². The number of ether oxygens (including phenoxy) is 1. The molecule has 0 saturated heterocycles. The number of hydrogen-bond donors (Lipinski definition) is 3. The Kier molecular flexibility index (Phi) is 11.5. The van der Waals surface area contributed by atoms with E-state index < -0.39 is 6.04 Å². The Morgan fingerprint density at radius 3 is 2.57 bits per heavy atom. The van der Waals surface area contributed by atoms with Crippen LogP contribution in [0.4, 0.5) is 0 Å². The van der Waals surface area contributed by atoms with Gasteiger partial charge in [-0.05, 0) is 45.6 Å². The fourth-order valence-electron chi connectivity index (χ4n) is 3.00. The number of likely N-dealkylation sites (N-methyl/N-ethyl adjacent to an activating group) is 1. The molecule has 3 N–H and O–H groups in total. The minimum absolute atomic E-state index is 0.105. The van der Waals surface area contributed by atoms with E-state index in [1.54, 1.807) is 20.0 Å². The van der Waals surface area contributed by atoms with Crippen LogP contribution in [0, 0.1) is 0 Å². The van der Waals surface area contributed by atoms with Gasteiger partial charge in [-0.25, -0.2) is 0 Å². The SMILES string of the molecule is C=C/C=C\C1=C(/C)O[C@H](C)CN[C@@H](C)C(=O)N(C)CC(=O)NCC(=O)NCCCC1. The molecule has 1 rings (SSSR count). The van der Waals surface area contributed by atoms with Crippen molar-refractivity contribution >= 4 is 17.7 Å². The molecule has 1 aliphatic rings. The molecule has 0 bridgehead atoms. The molecule has 1 heterocycles. The van der Waals surface area contributed by atoms with Crippen LogP contribution in [0.2, 0.25) is 0 Å². The Bertz CT molecular complexity index is 672. The van der Waals surface area contributed by atoms with Crippen LogP contribution in [0.5, 0.6) is 0 Å². The molecule has 0 aromatic carbocycles. The summed E-state index contributed by atoms with van der Waals surface area (Å²) >= 11 is 0. The van der Waals surface area contributed by atoms with Crippen molar-refractivity contribution in [2.24, 2.45) is 0 Å². The Morgan fingerprint density at radius 2 is 1.87 bits per heavy atom. The second kappa shape index (κ2) is 13.6. The number of carbonyl (C=O) groups is 3. The third kappa shape index (κ3) is 9.73. The second-order valence-corrected chi connectivity index (χ2v) is 7.51. The van der Waals surface area contributed by atoms with Crippen LogP contribution in [0.1, 0.15) is 40.0 Å². The molecule has 30 heavy (non-hydrogen) atoms. The highest BCUT2D eigenvalue weighted by molar-refractivity contribution is 5.89. The summed E-state index contributed by atoms with van der Waals surface area (Å²) < 4.78 is 6.04. The van der Waals surface area contributed by atoms with Crippen molar-refractivity contribution < 1.29 is 19.1 Å². The minimum atomic E-state index is -0.469. The molecule has 0 fully saturated rings. The molecule has 168 valence electrons. The highest BCUT2D eigenvalue weighted by atomic mass is 16.5. The summed E-state index contributed by atoms with van der Waals surface area (Å²) in [5.41, 5.74) is 1.07. The summed E-state index contributed by atoms with van der Waals surface area (Å²) in [6.07, 6.45) is 7.95. The topological polar surface area (TPSA) is 99.8 Å². The lowest BCUT2D eigenvalue weighted by molar-refractivity contribution is -0.136. The first-order chi connectivity index (χ1) is 14.2. The Balaban J connectivity index is 2.89. The minimum Gasteiger partial charge on any atom is -0.494 e. The van der Waals surface area contributed by atoms with Crippen molar-refractivity contribution in [3.63, 3.8) is 0 Å². The molecule has 3 amide bonds. The van der Waals surface area contributed by atoms with Gasteiger partial charge in [0.05, 0.1) is 24.9 Å². The second-order valence-electron chi connectivity index (χ2n) is 7.51. The summed E-state index contributed by atoms with van der Waals surface area (Å²) in [6.45, 7) is 10.1. The van der Waals surface area contributed by atoms with Gasteiger partial charge in [0.15, 0.2) is 0 Å². The monoisotopic (exact) mass is 420 g/mol. The van der Waals surface area contributed by atoms with Crippen LogP contribution >= 0.6 is 0 Å². The van der Waals surface area contributed by atoms with Crippen molar-refractivity contribution in [1.29, 1.82) is 0 Å². The first kappa shape index (κ1) is 25.4. The summed E-state index contributed by atoms with van der Waals surface area (Å²) in [4.78, 5) is 37.7. The fraction of sp³-hybridized carbons (Fsp3) is 0.591. The number of amides is 3. The molecule has 0 radical (unpaired) electrons. The normalized spacial score (nSPS) is 26.8. The zero-order chi connectivity index (χ0) is 22.5. The van der Waals surface area contributed by atoms with E-state index in [4.69, 9.17) is 4.74 Å². The molecule has 0 unspecified atom stereocenters. The van der Waals surface area contributed by atoms with E-state index in [2.05, 4.69) is 22.5 Å². The standard InChI is InChI=1S/C22H36N4O4/c1-6-7-10-19-11-8-9-12-23-20(27)14-25-21(28)15-26(5)22(29)17(3)24-13-16(2)30-18(19)4/h6-7,10,16-17,24H,1,8-9,11-15H2,2-5H3,(H,23,27)(H,25,28)/b10-7-,19-18-/t16-,17+/m1/s1. The molecule has 0 aliphatic carbocycles. The number of carbonyl (C=O) groups excluding carboxylic acids is 3. The Hall–Kier alpha value is -2.61. The molecule has 8 heteroatoms. The zero-order valence-electron chi connectivity index (χ0n) is 18.6. The van der Waals surface area contributed by atoms with E-state index >= 15 is 0 Å². The molecule has 0 aromatic rings. The molecule has 8 nitrogen and oxygen atoms in total. The molecule has 0 aromatic heterocycles. The first-order valence-corrected chi connectivity index (χ1v) is 10.4. The number of rotatable bonds is 2. The quantitative estimate of drug-likeness (QED) is 0.584. The van der Waals surface area contributed by atoms with Crippen molar-refractivity contribution in [3.05, 3.63) is 36.1 Å². The van der Waals surface area contributed by atoms with Crippen LogP contribution in [-0.2, 0) is 19.1 Å². The number of hydrogen-bond acceptors (Lipinski definition) is 5. The maximum absolute atomic E-state index is 12.5. The van der Waals surface area contributed by atoms with E-state index in [0.717, 1.165) is 30.6 Å². The van der Waals surface area contributed by atoms with Gasteiger partial charge in [0.2, 0.25) is 17.7 Å². The van der Waals surface area contributed by atoms with E-state index in [9.17, 15) is 14.4 Å². The summed E-state index contributed by atoms with van der Waals surface area (Å²) in [6, 6.07) is -0.469. The Morgan fingerprint density at radius 1 is 1.13 bits per heavy atom.